The summed E-state index contributed by atoms with van der Waals surface area (Å²) in [5.74, 6) is -0.252. The van der Waals surface area contributed by atoms with E-state index in [1.165, 1.54) is 148 Å². The number of aliphatic hydroxyl groups is 8. The second-order valence-electron chi connectivity index (χ2n) is 22.5. The Morgan fingerprint density at radius 1 is 0.463 bits per heavy atom. The van der Waals surface area contributed by atoms with Gasteiger partial charge in [-0.1, -0.05) is 247 Å². The van der Waals surface area contributed by atoms with Crippen LogP contribution in [0.1, 0.15) is 245 Å². The van der Waals surface area contributed by atoms with Crippen molar-refractivity contribution in [3.63, 3.8) is 0 Å². The minimum Gasteiger partial charge on any atom is -0.394 e. The van der Waals surface area contributed by atoms with Crippen LogP contribution in [0.4, 0.5) is 0 Å². The predicted octanol–water partition coefficient (Wildman–Crippen LogP) is 11.9. The largest absolute Gasteiger partial charge is 0.394 e. The highest BCUT2D eigenvalue weighted by Gasteiger charge is 2.51. The molecule has 12 atom stereocenters. The topological polar surface area (TPSA) is 228 Å². The third kappa shape index (κ3) is 35.5. The van der Waals surface area contributed by atoms with Gasteiger partial charge < -0.3 is 65.1 Å². The van der Waals surface area contributed by atoms with Gasteiger partial charge in [-0.2, -0.15) is 0 Å². The normalized spacial score (nSPS) is 24.7. The highest BCUT2D eigenvalue weighted by atomic mass is 16.7. The van der Waals surface area contributed by atoms with Crippen LogP contribution in [0.5, 0.6) is 0 Å². The average molecular weight is 1130 g/mol. The standard InChI is InChI=1S/C66H117NO13/c1-3-5-7-9-11-12-13-14-15-16-17-18-19-20-21-22-23-24-25-26-27-28-29-30-31-32-33-34-35-36-37-38-39-40-41-42-44-46-48-50-58(71)67-54(55(70)49-47-45-43-10-8-6-4-2)53-77-65-63(76)61(74)64(57(52-69)79-65)80-66-62(75)60(73)59(72)56(51-68)78-66/h5,7-8,10-12,14-15,17-18,47,49,54-57,59-66,68-70,72-76H,3-4,6,9,13,16,19-46,48,50-53H2,1-2H3,(H,67,71)/b7-5-,10-8+,12-11-,15-14-,18-17-,49-47+. The molecule has 464 valence electrons. The molecule has 0 radical (unpaired) electrons. The van der Waals surface area contributed by atoms with E-state index in [2.05, 4.69) is 79.9 Å². The maximum atomic E-state index is 13.2. The van der Waals surface area contributed by atoms with Gasteiger partial charge in [0.1, 0.15) is 48.8 Å². The van der Waals surface area contributed by atoms with Crippen LogP contribution >= 0.6 is 0 Å². The number of unbranched alkanes of at least 4 members (excludes halogenated alkanes) is 28. The van der Waals surface area contributed by atoms with Crippen LogP contribution in [0.2, 0.25) is 0 Å². The van der Waals surface area contributed by atoms with Crippen LogP contribution in [-0.4, -0.2) is 140 Å². The molecule has 1 amide bonds. The van der Waals surface area contributed by atoms with Crippen LogP contribution in [0.3, 0.4) is 0 Å². The van der Waals surface area contributed by atoms with Gasteiger partial charge >= 0.3 is 0 Å². The number of carbonyl (C=O) groups is 1. The van der Waals surface area contributed by atoms with E-state index in [0.717, 1.165) is 64.2 Å². The summed E-state index contributed by atoms with van der Waals surface area (Å²) in [7, 11) is 0. The molecule has 0 aliphatic carbocycles. The molecular formula is C66H117NO13. The molecule has 0 aromatic carbocycles. The quantitative estimate of drug-likeness (QED) is 0.0204. The zero-order valence-corrected chi connectivity index (χ0v) is 50.1. The van der Waals surface area contributed by atoms with E-state index in [1.807, 2.05) is 6.08 Å². The SMILES string of the molecule is CC/C=C\C/C=C\C/C=C\C/C=C\CCCCCCCCCCCCCCCCCCCCCCCCCCCCC(=O)NC(COC1OC(CO)C(OC2OC(CO)C(O)C(O)C2O)C(O)C1O)C(O)/C=C/CC/C=C/CCC. The molecule has 14 heteroatoms. The van der Waals surface area contributed by atoms with E-state index in [1.54, 1.807) is 6.08 Å². The number of amides is 1. The van der Waals surface area contributed by atoms with Crippen LogP contribution < -0.4 is 5.32 Å². The van der Waals surface area contributed by atoms with E-state index in [4.69, 9.17) is 18.9 Å². The van der Waals surface area contributed by atoms with Crippen LogP contribution in [0.15, 0.2) is 72.9 Å². The number of rotatable bonds is 51. The Morgan fingerprint density at radius 2 is 0.875 bits per heavy atom. The Hall–Kier alpha value is -2.57. The first kappa shape index (κ1) is 73.5. The molecule has 2 rings (SSSR count). The van der Waals surface area contributed by atoms with Gasteiger partial charge in [0.15, 0.2) is 12.6 Å². The predicted molar refractivity (Wildman–Crippen MR) is 323 cm³/mol. The Kier molecular flexibility index (Phi) is 46.8. The number of ether oxygens (including phenoxy) is 4. The summed E-state index contributed by atoms with van der Waals surface area (Å²) in [5.41, 5.74) is 0. The minimum absolute atomic E-state index is 0.252. The van der Waals surface area contributed by atoms with Gasteiger partial charge in [0.2, 0.25) is 5.91 Å². The highest BCUT2D eigenvalue weighted by Crippen LogP contribution is 2.30. The minimum atomic E-state index is -1.79. The van der Waals surface area contributed by atoms with E-state index in [-0.39, 0.29) is 18.9 Å². The fraction of sp³-hybridized carbons (Fsp3) is 0.803. The second-order valence-corrected chi connectivity index (χ2v) is 22.5. The zero-order chi connectivity index (χ0) is 58.1. The monoisotopic (exact) mass is 1130 g/mol. The second kappa shape index (κ2) is 50.9. The van der Waals surface area contributed by atoms with Crippen molar-refractivity contribution in [2.24, 2.45) is 0 Å². The Morgan fingerprint density at radius 3 is 1.36 bits per heavy atom. The maximum absolute atomic E-state index is 13.2. The van der Waals surface area contributed by atoms with Gasteiger partial charge in [-0.25, -0.2) is 0 Å². The van der Waals surface area contributed by atoms with Crippen molar-refractivity contribution >= 4 is 5.91 Å². The van der Waals surface area contributed by atoms with Crippen LogP contribution in [-0.2, 0) is 23.7 Å². The fourth-order valence-corrected chi connectivity index (χ4v) is 10.2. The summed E-state index contributed by atoms with van der Waals surface area (Å²) in [5, 5.41) is 86.6. The molecule has 80 heavy (non-hydrogen) atoms. The van der Waals surface area contributed by atoms with Gasteiger partial charge in [-0.15, -0.1) is 0 Å². The molecule has 2 aliphatic rings. The summed E-state index contributed by atoms with van der Waals surface area (Å²) < 4.78 is 22.6. The molecule has 0 aromatic heterocycles. The molecule has 9 N–H and O–H groups in total. The molecule has 0 bridgehead atoms. The molecule has 2 aliphatic heterocycles. The summed E-state index contributed by atoms with van der Waals surface area (Å²) in [4.78, 5) is 13.2. The Balaban J connectivity index is 1.49. The van der Waals surface area contributed by atoms with Gasteiger partial charge in [-0.3, -0.25) is 4.79 Å². The lowest BCUT2D eigenvalue weighted by Crippen LogP contribution is -2.65. The van der Waals surface area contributed by atoms with Gasteiger partial charge in [-0.05, 0) is 64.2 Å². The molecule has 0 aromatic rings. The lowest BCUT2D eigenvalue weighted by Gasteiger charge is -2.46. The first-order chi connectivity index (χ1) is 39.1. The van der Waals surface area contributed by atoms with Crippen molar-refractivity contribution in [1.29, 1.82) is 0 Å². The smallest absolute Gasteiger partial charge is 0.220 e. The van der Waals surface area contributed by atoms with Gasteiger partial charge in [0.05, 0.1) is 32.0 Å². The van der Waals surface area contributed by atoms with Crippen molar-refractivity contribution in [2.75, 3.05) is 19.8 Å². The van der Waals surface area contributed by atoms with E-state index < -0.39 is 86.8 Å². The number of allylic oxidation sites excluding steroid dienone is 11. The Bertz CT molecular complexity index is 1620. The van der Waals surface area contributed by atoms with Crippen molar-refractivity contribution in [1.82, 2.24) is 5.32 Å². The van der Waals surface area contributed by atoms with Crippen molar-refractivity contribution in [2.45, 2.75) is 319 Å². The molecular weight excluding hydrogens is 1010 g/mol. The number of carbonyl (C=O) groups excluding carboxylic acids is 1. The summed E-state index contributed by atoms with van der Waals surface area (Å²) >= 11 is 0. The number of nitrogens with one attached hydrogen (secondary N) is 1. The molecule has 2 saturated heterocycles. The average Bonchev–Trinajstić information content (AvgIpc) is 3.48. The third-order valence-corrected chi connectivity index (χ3v) is 15.4. The lowest BCUT2D eigenvalue weighted by atomic mass is 9.97. The molecule has 12 unspecified atom stereocenters. The number of hydrogen-bond acceptors (Lipinski definition) is 13. The van der Waals surface area contributed by atoms with Crippen LogP contribution in [0, 0.1) is 0 Å². The molecule has 2 fully saturated rings. The maximum Gasteiger partial charge on any atom is 0.220 e. The van der Waals surface area contributed by atoms with Crippen molar-refractivity contribution in [3.05, 3.63) is 72.9 Å². The lowest BCUT2D eigenvalue weighted by molar-refractivity contribution is -0.359. The Labute approximate surface area is 485 Å². The van der Waals surface area contributed by atoms with Gasteiger partial charge in [0, 0.05) is 6.42 Å². The van der Waals surface area contributed by atoms with Crippen molar-refractivity contribution < 1.29 is 64.6 Å². The van der Waals surface area contributed by atoms with Crippen molar-refractivity contribution in [3.8, 4) is 0 Å². The van der Waals surface area contributed by atoms with E-state index >= 15 is 0 Å². The molecule has 14 nitrogen and oxygen atoms in total. The van der Waals surface area contributed by atoms with Crippen LogP contribution in [0.25, 0.3) is 0 Å². The molecule has 0 saturated carbocycles. The first-order valence-electron chi connectivity index (χ1n) is 32.2. The fourth-order valence-electron chi connectivity index (χ4n) is 10.2. The third-order valence-electron chi connectivity index (χ3n) is 15.4. The number of aliphatic hydroxyl groups excluding tert-OH is 8. The highest BCUT2D eigenvalue weighted by molar-refractivity contribution is 5.76. The molecule has 0 spiro atoms. The van der Waals surface area contributed by atoms with Gasteiger partial charge in [0.25, 0.3) is 0 Å². The summed E-state index contributed by atoms with van der Waals surface area (Å²) in [6.07, 6.45) is 51.9. The summed E-state index contributed by atoms with van der Waals surface area (Å²) in [6, 6.07) is -0.928. The number of hydrogen-bond donors (Lipinski definition) is 9. The summed E-state index contributed by atoms with van der Waals surface area (Å²) in [6.45, 7) is 2.55. The van der Waals surface area contributed by atoms with E-state index in [9.17, 15) is 45.6 Å². The zero-order valence-electron chi connectivity index (χ0n) is 50.1. The van der Waals surface area contributed by atoms with E-state index in [0.29, 0.717) is 12.8 Å². The first-order valence-corrected chi connectivity index (χ1v) is 32.2. The molecule has 2 heterocycles.